The highest BCUT2D eigenvalue weighted by Gasteiger charge is 2.40. The Labute approximate surface area is 93.7 Å². The predicted molar refractivity (Wildman–Crippen MR) is 62.9 cm³/mol. The van der Waals surface area contributed by atoms with E-state index >= 15 is 0 Å². The van der Waals surface area contributed by atoms with Crippen LogP contribution in [-0.2, 0) is 0 Å². The molecule has 1 aliphatic heterocycles. The van der Waals surface area contributed by atoms with Gasteiger partial charge in [0, 0.05) is 5.54 Å². The highest BCUT2D eigenvalue weighted by atomic mass is 16.3. The molecular formula is C13H25NO. The molecule has 2 rings (SSSR count). The lowest BCUT2D eigenvalue weighted by molar-refractivity contribution is -0.0194. The molecule has 1 aliphatic carbocycles. The Balaban J connectivity index is 1.97. The van der Waals surface area contributed by atoms with Crippen LogP contribution >= 0.6 is 0 Å². The number of aliphatic hydroxyl groups excluding tert-OH is 1. The van der Waals surface area contributed by atoms with Crippen LogP contribution < -0.4 is 0 Å². The molecule has 88 valence electrons. The van der Waals surface area contributed by atoms with Gasteiger partial charge in [0.05, 0.1) is 6.10 Å². The lowest BCUT2D eigenvalue weighted by Gasteiger charge is -2.42. The Kier molecular flexibility index (Phi) is 3.36. The van der Waals surface area contributed by atoms with E-state index in [-0.39, 0.29) is 11.6 Å². The van der Waals surface area contributed by atoms with Gasteiger partial charge in [0.25, 0.3) is 0 Å². The highest BCUT2D eigenvalue weighted by molar-refractivity contribution is 4.96. The highest BCUT2D eigenvalue weighted by Crippen LogP contribution is 2.38. The number of aliphatic hydroxyl groups is 1. The van der Waals surface area contributed by atoms with Crippen molar-refractivity contribution in [3.8, 4) is 0 Å². The second-order valence-electron chi connectivity index (χ2n) is 5.60. The summed E-state index contributed by atoms with van der Waals surface area (Å²) in [6, 6.07) is 0. The molecule has 0 amide bonds. The van der Waals surface area contributed by atoms with Crippen molar-refractivity contribution < 1.29 is 5.11 Å². The third-order valence-electron chi connectivity index (χ3n) is 4.52. The van der Waals surface area contributed by atoms with Gasteiger partial charge in [-0.05, 0) is 51.6 Å². The topological polar surface area (TPSA) is 23.5 Å². The van der Waals surface area contributed by atoms with Crippen molar-refractivity contribution in [2.24, 2.45) is 5.92 Å². The molecule has 1 heterocycles. The van der Waals surface area contributed by atoms with E-state index in [4.69, 9.17) is 0 Å². The van der Waals surface area contributed by atoms with E-state index in [9.17, 15) is 5.11 Å². The van der Waals surface area contributed by atoms with Crippen LogP contribution in [0.5, 0.6) is 0 Å². The molecule has 2 unspecified atom stereocenters. The molecule has 0 aromatic rings. The molecule has 0 aromatic carbocycles. The fourth-order valence-electron chi connectivity index (χ4n) is 2.82. The van der Waals surface area contributed by atoms with Crippen molar-refractivity contribution in [3.05, 3.63) is 0 Å². The van der Waals surface area contributed by atoms with E-state index in [0.717, 1.165) is 18.8 Å². The lowest BCUT2D eigenvalue weighted by atomic mass is 9.86. The summed E-state index contributed by atoms with van der Waals surface area (Å²) in [6.45, 7) is 6.85. The largest absolute Gasteiger partial charge is 0.391 e. The first-order valence-electron chi connectivity index (χ1n) is 6.60. The summed E-state index contributed by atoms with van der Waals surface area (Å²) in [6.07, 6.45) is 7.29. The molecular weight excluding hydrogens is 186 g/mol. The van der Waals surface area contributed by atoms with Gasteiger partial charge in [-0.15, -0.1) is 0 Å². The molecule has 1 saturated heterocycles. The van der Waals surface area contributed by atoms with Crippen molar-refractivity contribution in [3.63, 3.8) is 0 Å². The van der Waals surface area contributed by atoms with Gasteiger partial charge >= 0.3 is 0 Å². The monoisotopic (exact) mass is 211 g/mol. The predicted octanol–water partition coefficient (Wildman–Crippen LogP) is 2.41. The van der Waals surface area contributed by atoms with Crippen molar-refractivity contribution >= 4 is 0 Å². The maximum Gasteiger partial charge on any atom is 0.0723 e. The summed E-state index contributed by atoms with van der Waals surface area (Å²) >= 11 is 0. The number of hydrogen-bond donors (Lipinski definition) is 1. The van der Waals surface area contributed by atoms with Crippen molar-refractivity contribution in [2.75, 3.05) is 13.1 Å². The Morgan fingerprint density at radius 1 is 1.33 bits per heavy atom. The first-order chi connectivity index (χ1) is 7.16. The summed E-state index contributed by atoms with van der Waals surface area (Å²) in [5.74, 6) is 0.827. The summed E-state index contributed by atoms with van der Waals surface area (Å²) in [4.78, 5) is 2.51. The maximum absolute atomic E-state index is 10.4. The average molecular weight is 211 g/mol. The van der Waals surface area contributed by atoms with E-state index in [0.29, 0.717) is 0 Å². The van der Waals surface area contributed by atoms with Crippen LogP contribution in [0.15, 0.2) is 0 Å². The van der Waals surface area contributed by atoms with Crippen molar-refractivity contribution in [1.29, 1.82) is 0 Å². The molecule has 15 heavy (non-hydrogen) atoms. The quantitative estimate of drug-likeness (QED) is 0.755. The Hall–Kier alpha value is -0.0800. The van der Waals surface area contributed by atoms with Gasteiger partial charge in [0.15, 0.2) is 0 Å². The zero-order chi connectivity index (χ0) is 10.9. The van der Waals surface area contributed by atoms with Crippen LogP contribution in [0.1, 0.15) is 52.4 Å². The molecule has 0 radical (unpaired) electrons. The number of nitrogens with zero attached hydrogens (tertiary/aromatic N) is 1. The molecule has 2 heteroatoms. The number of hydrogen-bond acceptors (Lipinski definition) is 2. The SMILES string of the molecule is CCC(C)(C(O)CC1CC1)N1CCCC1. The van der Waals surface area contributed by atoms with E-state index in [2.05, 4.69) is 18.7 Å². The summed E-state index contributed by atoms with van der Waals surface area (Å²) in [5, 5.41) is 10.4. The average Bonchev–Trinajstić information content (AvgIpc) is 2.87. The Morgan fingerprint density at radius 2 is 1.93 bits per heavy atom. The van der Waals surface area contributed by atoms with Gasteiger partial charge in [-0.25, -0.2) is 0 Å². The lowest BCUT2D eigenvalue weighted by Crippen LogP contribution is -2.53. The summed E-state index contributed by atoms with van der Waals surface area (Å²) in [7, 11) is 0. The van der Waals surface area contributed by atoms with E-state index in [1.807, 2.05) is 0 Å². The fraction of sp³-hybridized carbons (Fsp3) is 1.00. The van der Waals surface area contributed by atoms with Gasteiger partial charge in [0.2, 0.25) is 0 Å². The zero-order valence-electron chi connectivity index (χ0n) is 10.2. The molecule has 2 nitrogen and oxygen atoms in total. The minimum absolute atomic E-state index is 0.0408. The molecule has 0 bridgehead atoms. The molecule has 0 spiro atoms. The van der Waals surface area contributed by atoms with E-state index < -0.39 is 0 Å². The molecule has 1 N–H and O–H groups in total. The zero-order valence-corrected chi connectivity index (χ0v) is 10.2. The van der Waals surface area contributed by atoms with Gasteiger partial charge < -0.3 is 5.11 Å². The van der Waals surface area contributed by atoms with E-state index in [1.54, 1.807) is 0 Å². The minimum Gasteiger partial charge on any atom is -0.391 e. The third-order valence-corrected chi connectivity index (χ3v) is 4.52. The molecule has 2 atom stereocenters. The van der Waals surface area contributed by atoms with Crippen molar-refractivity contribution in [2.45, 2.75) is 64.0 Å². The normalized spacial score (nSPS) is 29.0. The van der Waals surface area contributed by atoms with Crippen LogP contribution in [0.25, 0.3) is 0 Å². The fourth-order valence-corrected chi connectivity index (χ4v) is 2.82. The van der Waals surface area contributed by atoms with Crippen LogP contribution in [0, 0.1) is 5.92 Å². The minimum atomic E-state index is -0.118. The second-order valence-corrected chi connectivity index (χ2v) is 5.60. The first kappa shape index (κ1) is 11.4. The van der Waals surface area contributed by atoms with Gasteiger partial charge in [-0.1, -0.05) is 19.8 Å². The Bertz CT molecular complexity index is 209. The summed E-state index contributed by atoms with van der Waals surface area (Å²) < 4.78 is 0. The molecule has 2 fully saturated rings. The molecule has 1 saturated carbocycles. The Morgan fingerprint density at radius 3 is 2.40 bits per heavy atom. The smallest absolute Gasteiger partial charge is 0.0723 e. The van der Waals surface area contributed by atoms with Crippen LogP contribution in [-0.4, -0.2) is 34.7 Å². The third kappa shape index (κ3) is 2.36. The van der Waals surface area contributed by atoms with Crippen molar-refractivity contribution in [1.82, 2.24) is 4.90 Å². The second kappa shape index (κ2) is 4.42. The molecule has 2 aliphatic rings. The number of likely N-dealkylation sites (tertiary alicyclic amines) is 1. The number of rotatable bonds is 5. The maximum atomic E-state index is 10.4. The van der Waals surface area contributed by atoms with Gasteiger partial charge in [-0.3, -0.25) is 4.90 Å². The van der Waals surface area contributed by atoms with Gasteiger partial charge in [-0.2, -0.15) is 0 Å². The summed E-state index contributed by atoms with van der Waals surface area (Å²) in [5.41, 5.74) is 0.0408. The first-order valence-corrected chi connectivity index (χ1v) is 6.60. The standard InChI is InChI=1S/C13H25NO/c1-3-13(2,14-8-4-5-9-14)12(15)10-11-6-7-11/h11-12,15H,3-10H2,1-2H3. The van der Waals surface area contributed by atoms with Crippen LogP contribution in [0.2, 0.25) is 0 Å². The molecule has 0 aromatic heterocycles. The van der Waals surface area contributed by atoms with E-state index in [1.165, 1.54) is 38.8 Å². The van der Waals surface area contributed by atoms with Crippen LogP contribution in [0.3, 0.4) is 0 Å². The van der Waals surface area contributed by atoms with Crippen LogP contribution in [0.4, 0.5) is 0 Å². The van der Waals surface area contributed by atoms with Gasteiger partial charge in [0.1, 0.15) is 0 Å².